The van der Waals surface area contributed by atoms with Crippen LogP contribution in [-0.4, -0.2) is 25.7 Å². The Morgan fingerprint density at radius 2 is 2.17 bits per heavy atom. The van der Waals surface area contributed by atoms with Crippen LogP contribution >= 0.6 is 0 Å². The highest BCUT2D eigenvalue weighted by molar-refractivity contribution is 5.72. The SMILES string of the molecule is CCOC(=O)C1CCN(c2cccc[n+]2C)CC1. The minimum absolute atomic E-state index is 0.0328. The van der Waals surface area contributed by atoms with Crippen LogP contribution < -0.4 is 9.47 Å². The van der Waals surface area contributed by atoms with Gasteiger partial charge in [0.2, 0.25) is 0 Å². The van der Waals surface area contributed by atoms with E-state index < -0.39 is 0 Å². The molecule has 4 nitrogen and oxygen atoms in total. The van der Waals surface area contributed by atoms with E-state index >= 15 is 0 Å². The molecule has 0 aliphatic carbocycles. The van der Waals surface area contributed by atoms with Crippen LogP contribution in [0.2, 0.25) is 0 Å². The molecule has 1 saturated heterocycles. The molecule has 0 spiro atoms. The second-order valence-corrected chi connectivity index (χ2v) is 4.68. The van der Waals surface area contributed by atoms with Crippen molar-refractivity contribution in [3.8, 4) is 0 Å². The van der Waals surface area contributed by atoms with Gasteiger partial charge in [0.15, 0.2) is 0 Å². The molecule has 2 rings (SSSR count). The number of hydrogen-bond acceptors (Lipinski definition) is 3. The predicted octanol–water partition coefficient (Wildman–Crippen LogP) is 1.29. The minimum atomic E-state index is -0.0328. The van der Waals surface area contributed by atoms with Gasteiger partial charge in [0, 0.05) is 6.07 Å². The summed E-state index contributed by atoms with van der Waals surface area (Å²) in [5, 5.41) is 0. The molecule has 1 aliphatic heterocycles. The van der Waals surface area contributed by atoms with Gasteiger partial charge in [0.1, 0.15) is 0 Å². The fraction of sp³-hybridized carbons (Fsp3) is 0.571. The zero-order chi connectivity index (χ0) is 13.0. The van der Waals surface area contributed by atoms with Gasteiger partial charge in [-0.2, -0.15) is 0 Å². The zero-order valence-corrected chi connectivity index (χ0v) is 11.1. The number of aromatic nitrogens is 1. The maximum absolute atomic E-state index is 11.7. The number of pyridine rings is 1. The van der Waals surface area contributed by atoms with Crippen molar-refractivity contribution in [1.82, 2.24) is 0 Å². The Balaban J connectivity index is 1.95. The van der Waals surface area contributed by atoms with Crippen LogP contribution in [0.15, 0.2) is 24.4 Å². The number of rotatable bonds is 3. The van der Waals surface area contributed by atoms with Crippen molar-refractivity contribution in [3.63, 3.8) is 0 Å². The number of anilines is 1. The molecular formula is C14H21N2O2+. The van der Waals surface area contributed by atoms with Crippen molar-refractivity contribution in [3.05, 3.63) is 24.4 Å². The molecule has 0 saturated carbocycles. The Bertz CT molecular complexity index is 412. The lowest BCUT2D eigenvalue weighted by Crippen LogP contribution is -2.44. The molecule has 18 heavy (non-hydrogen) atoms. The highest BCUT2D eigenvalue weighted by atomic mass is 16.5. The van der Waals surface area contributed by atoms with E-state index in [4.69, 9.17) is 4.74 Å². The van der Waals surface area contributed by atoms with Crippen LogP contribution in [0.5, 0.6) is 0 Å². The van der Waals surface area contributed by atoms with Gasteiger partial charge in [-0.05, 0) is 25.8 Å². The molecule has 0 amide bonds. The lowest BCUT2D eigenvalue weighted by molar-refractivity contribution is -0.659. The molecule has 0 N–H and O–H groups in total. The standard InChI is InChI=1S/C14H21N2O2/c1-3-18-14(17)12-7-10-16(11-8-12)13-6-4-5-9-15(13)2/h4-6,9,12H,3,7-8,10-11H2,1-2H3/q+1. The number of esters is 1. The van der Waals surface area contributed by atoms with Crippen LogP contribution in [0.25, 0.3) is 0 Å². The van der Waals surface area contributed by atoms with Crippen molar-refractivity contribution >= 4 is 11.8 Å². The molecule has 98 valence electrons. The van der Waals surface area contributed by atoms with Crippen LogP contribution in [-0.2, 0) is 16.6 Å². The fourth-order valence-corrected chi connectivity index (χ4v) is 2.45. The molecule has 0 bridgehead atoms. The normalized spacial score (nSPS) is 16.7. The van der Waals surface area contributed by atoms with Crippen LogP contribution in [0.3, 0.4) is 0 Å². The lowest BCUT2D eigenvalue weighted by Gasteiger charge is -2.27. The molecule has 1 aromatic rings. The van der Waals surface area contributed by atoms with Gasteiger partial charge >= 0.3 is 5.97 Å². The average Bonchev–Trinajstić information content (AvgIpc) is 2.40. The molecule has 2 heterocycles. The highest BCUT2D eigenvalue weighted by Crippen LogP contribution is 2.21. The van der Waals surface area contributed by atoms with Crippen molar-refractivity contribution in [1.29, 1.82) is 0 Å². The summed E-state index contributed by atoms with van der Waals surface area (Å²) in [6.07, 6.45) is 3.81. The topological polar surface area (TPSA) is 33.4 Å². The van der Waals surface area contributed by atoms with Crippen molar-refractivity contribution < 1.29 is 14.1 Å². The van der Waals surface area contributed by atoms with Crippen LogP contribution in [0, 0.1) is 5.92 Å². The number of hydrogen-bond donors (Lipinski definition) is 0. The van der Waals surface area contributed by atoms with E-state index in [1.807, 2.05) is 32.3 Å². The summed E-state index contributed by atoms with van der Waals surface area (Å²) >= 11 is 0. The number of aryl methyl sites for hydroxylation is 1. The van der Waals surface area contributed by atoms with E-state index in [0.717, 1.165) is 25.9 Å². The molecule has 1 aromatic heterocycles. The number of nitrogens with zero attached hydrogens (tertiary/aromatic N) is 2. The fourth-order valence-electron chi connectivity index (χ4n) is 2.45. The van der Waals surface area contributed by atoms with Gasteiger partial charge in [-0.3, -0.25) is 9.69 Å². The van der Waals surface area contributed by atoms with Gasteiger partial charge in [-0.15, -0.1) is 0 Å². The maximum Gasteiger partial charge on any atom is 0.309 e. The molecular weight excluding hydrogens is 228 g/mol. The quantitative estimate of drug-likeness (QED) is 0.598. The minimum Gasteiger partial charge on any atom is -0.466 e. The van der Waals surface area contributed by atoms with E-state index in [1.165, 1.54) is 5.82 Å². The monoisotopic (exact) mass is 249 g/mol. The largest absolute Gasteiger partial charge is 0.466 e. The highest BCUT2D eigenvalue weighted by Gasteiger charge is 2.30. The first-order chi connectivity index (χ1) is 8.72. The molecule has 0 atom stereocenters. The summed E-state index contributed by atoms with van der Waals surface area (Å²) < 4.78 is 7.20. The third-order valence-electron chi connectivity index (χ3n) is 3.47. The summed E-state index contributed by atoms with van der Waals surface area (Å²) in [6.45, 7) is 4.17. The number of piperidine rings is 1. The van der Waals surface area contributed by atoms with Gasteiger partial charge in [0.25, 0.3) is 5.82 Å². The Kier molecular flexibility index (Phi) is 4.18. The van der Waals surface area contributed by atoms with Crippen LogP contribution in [0.4, 0.5) is 5.82 Å². The van der Waals surface area contributed by atoms with E-state index in [1.54, 1.807) is 0 Å². The smallest absolute Gasteiger partial charge is 0.309 e. The van der Waals surface area contributed by atoms with Gasteiger partial charge in [0.05, 0.1) is 38.9 Å². The first-order valence-electron chi connectivity index (χ1n) is 6.58. The molecule has 0 radical (unpaired) electrons. The Labute approximate surface area is 108 Å². The lowest BCUT2D eigenvalue weighted by atomic mass is 9.97. The van der Waals surface area contributed by atoms with Crippen molar-refractivity contribution in [2.45, 2.75) is 19.8 Å². The van der Waals surface area contributed by atoms with E-state index in [2.05, 4.69) is 15.5 Å². The summed E-state index contributed by atoms with van der Waals surface area (Å²) in [7, 11) is 2.05. The molecule has 0 aromatic carbocycles. The molecule has 1 aliphatic rings. The van der Waals surface area contributed by atoms with Crippen LogP contribution in [0.1, 0.15) is 19.8 Å². The summed E-state index contributed by atoms with van der Waals surface area (Å²) in [6, 6.07) is 6.19. The maximum atomic E-state index is 11.7. The number of carbonyl (C=O) groups is 1. The summed E-state index contributed by atoms with van der Waals surface area (Å²) in [4.78, 5) is 14.0. The summed E-state index contributed by atoms with van der Waals surface area (Å²) in [5.41, 5.74) is 0. The Morgan fingerprint density at radius 1 is 1.44 bits per heavy atom. The molecule has 4 heteroatoms. The van der Waals surface area contributed by atoms with Gasteiger partial charge in [-0.1, -0.05) is 6.07 Å². The average molecular weight is 249 g/mol. The number of ether oxygens (including phenoxy) is 1. The molecule has 0 unspecified atom stereocenters. The first-order valence-corrected chi connectivity index (χ1v) is 6.58. The second kappa shape index (κ2) is 5.85. The zero-order valence-electron chi connectivity index (χ0n) is 11.1. The van der Waals surface area contributed by atoms with Crippen molar-refractivity contribution in [2.75, 3.05) is 24.6 Å². The predicted molar refractivity (Wildman–Crippen MR) is 69.2 cm³/mol. The Morgan fingerprint density at radius 3 is 2.78 bits per heavy atom. The number of carbonyl (C=O) groups excluding carboxylic acids is 1. The van der Waals surface area contributed by atoms with Crippen molar-refractivity contribution in [2.24, 2.45) is 13.0 Å². The third-order valence-corrected chi connectivity index (χ3v) is 3.47. The van der Waals surface area contributed by atoms with Gasteiger partial charge in [-0.25, -0.2) is 4.57 Å². The second-order valence-electron chi connectivity index (χ2n) is 4.68. The summed E-state index contributed by atoms with van der Waals surface area (Å²) in [5.74, 6) is 1.25. The van der Waals surface area contributed by atoms with E-state index in [9.17, 15) is 4.79 Å². The Hall–Kier alpha value is -1.58. The van der Waals surface area contributed by atoms with E-state index in [0.29, 0.717) is 6.61 Å². The van der Waals surface area contributed by atoms with Gasteiger partial charge < -0.3 is 4.74 Å². The molecule has 1 fully saturated rings. The van der Waals surface area contributed by atoms with E-state index in [-0.39, 0.29) is 11.9 Å². The third kappa shape index (κ3) is 2.81. The first kappa shape index (κ1) is 12.9.